The predicted molar refractivity (Wildman–Crippen MR) is 124 cm³/mol. The SMILES string of the molecule is CC(=O)Sc1ccc(-c2ccc(N=Nc3ccc(-c4ccccc4)cc3)cc2)cc1. The van der Waals surface area contributed by atoms with E-state index >= 15 is 0 Å². The van der Waals surface area contributed by atoms with E-state index in [2.05, 4.69) is 34.5 Å². The van der Waals surface area contributed by atoms with Crippen molar-refractivity contribution >= 4 is 28.3 Å². The number of nitrogens with zero attached hydrogens (tertiary/aromatic N) is 2. The van der Waals surface area contributed by atoms with Crippen molar-refractivity contribution in [3.63, 3.8) is 0 Å². The lowest BCUT2D eigenvalue weighted by atomic mass is 10.1. The number of azo groups is 1. The topological polar surface area (TPSA) is 41.8 Å². The van der Waals surface area contributed by atoms with Crippen LogP contribution in [0, 0.1) is 0 Å². The number of thioether (sulfide) groups is 1. The molecule has 0 saturated heterocycles. The smallest absolute Gasteiger partial charge is 0.190 e. The number of hydrogen-bond acceptors (Lipinski definition) is 4. The molecule has 4 aromatic carbocycles. The maximum Gasteiger partial charge on any atom is 0.190 e. The van der Waals surface area contributed by atoms with Crippen LogP contribution in [-0.2, 0) is 4.79 Å². The third-order valence-electron chi connectivity index (χ3n) is 4.57. The lowest BCUT2D eigenvalue weighted by molar-refractivity contribution is -0.109. The van der Waals surface area contributed by atoms with Crippen LogP contribution in [0.3, 0.4) is 0 Å². The first-order chi connectivity index (χ1) is 14.7. The largest absolute Gasteiger partial charge is 0.287 e. The van der Waals surface area contributed by atoms with Crippen molar-refractivity contribution < 1.29 is 4.79 Å². The molecule has 0 unspecified atom stereocenters. The molecule has 0 aromatic heterocycles. The van der Waals surface area contributed by atoms with Crippen molar-refractivity contribution in [1.82, 2.24) is 0 Å². The van der Waals surface area contributed by atoms with Gasteiger partial charge in [0.25, 0.3) is 0 Å². The molecule has 0 saturated carbocycles. The molecule has 0 atom stereocenters. The molecule has 0 radical (unpaired) electrons. The van der Waals surface area contributed by atoms with E-state index in [0.717, 1.165) is 33.0 Å². The quantitative estimate of drug-likeness (QED) is 0.247. The number of carbonyl (C=O) groups is 1. The second-order valence-electron chi connectivity index (χ2n) is 6.78. The standard InChI is InChI=1S/C26H20N2OS/c1-19(29)30-26-17-11-23(12-18-26)22-9-15-25(16-10-22)28-27-24-13-7-21(8-14-24)20-5-3-2-4-6-20/h2-18H,1H3. The molecule has 0 bridgehead atoms. The summed E-state index contributed by atoms with van der Waals surface area (Å²) < 4.78 is 0. The van der Waals surface area contributed by atoms with Crippen LogP contribution in [0.1, 0.15) is 6.92 Å². The van der Waals surface area contributed by atoms with E-state index in [-0.39, 0.29) is 5.12 Å². The van der Waals surface area contributed by atoms with Gasteiger partial charge in [-0.25, -0.2) is 0 Å². The molecule has 0 spiro atoms. The Morgan fingerprint density at radius 1 is 0.567 bits per heavy atom. The Morgan fingerprint density at radius 2 is 0.967 bits per heavy atom. The molecule has 4 heteroatoms. The van der Waals surface area contributed by atoms with Crippen molar-refractivity contribution in [2.75, 3.05) is 0 Å². The highest BCUT2D eigenvalue weighted by atomic mass is 32.2. The van der Waals surface area contributed by atoms with E-state index in [4.69, 9.17) is 0 Å². The molecule has 146 valence electrons. The Labute approximate surface area is 180 Å². The van der Waals surface area contributed by atoms with Crippen LogP contribution in [-0.4, -0.2) is 5.12 Å². The second-order valence-corrected chi connectivity index (χ2v) is 8.03. The fourth-order valence-corrected chi connectivity index (χ4v) is 3.67. The first-order valence-corrected chi connectivity index (χ1v) is 10.5. The molecule has 3 nitrogen and oxygen atoms in total. The Balaban J connectivity index is 1.43. The van der Waals surface area contributed by atoms with Crippen LogP contribution in [0.25, 0.3) is 22.3 Å². The van der Waals surface area contributed by atoms with Crippen LogP contribution < -0.4 is 0 Å². The number of carbonyl (C=O) groups excluding carboxylic acids is 1. The number of hydrogen-bond donors (Lipinski definition) is 0. The lowest BCUT2D eigenvalue weighted by Gasteiger charge is -2.04. The van der Waals surface area contributed by atoms with E-state index in [1.54, 1.807) is 6.92 Å². The molecule has 0 aliphatic rings. The Morgan fingerprint density at radius 3 is 1.40 bits per heavy atom. The van der Waals surface area contributed by atoms with E-state index < -0.39 is 0 Å². The van der Waals surface area contributed by atoms with Gasteiger partial charge in [-0.1, -0.05) is 78.5 Å². The highest BCUT2D eigenvalue weighted by Crippen LogP contribution is 2.27. The summed E-state index contributed by atoms with van der Waals surface area (Å²) in [5, 5.41) is 8.78. The van der Waals surface area contributed by atoms with Crippen LogP contribution in [0.5, 0.6) is 0 Å². The van der Waals surface area contributed by atoms with Gasteiger partial charge in [-0.2, -0.15) is 10.2 Å². The molecule has 0 N–H and O–H groups in total. The molecular weight excluding hydrogens is 388 g/mol. The molecule has 4 aromatic rings. The Hall–Kier alpha value is -3.50. The van der Waals surface area contributed by atoms with E-state index in [1.165, 1.54) is 17.3 Å². The van der Waals surface area contributed by atoms with Crippen molar-refractivity contribution in [1.29, 1.82) is 0 Å². The third kappa shape index (κ3) is 5.10. The van der Waals surface area contributed by atoms with E-state index in [0.29, 0.717) is 0 Å². The summed E-state index contributed by atoms with van der Waals surface area (Å²) in [6, 6.07) is 34.3. The summed E-state index contributed by atoms with van der Waals surface area (Å²) in [6.07, 6.45) is 0. The molecule has 0 fully saturated rings. The van der Waals surface area contributed by atoms with Crippen molar-refractivity contribution in [2.24, 2.45) is 10.2 Å². The van der Waals surface area contributed by atoms with Gasteiger partial charge in [0, 0.05) is 11.8 Å². The molecule has 0 heterocycles. The van der Waals surface area contributed by atoms with E-state index in [9.17, 15) is 4.79 Å². The molecule has 4 rings (SSSR count). The minimum Gasteiger partial charge on any atom is -0.287 e. The fraction of sp³-hybridized carbons (Fsp3) is 0.0385. The van der Waals surface area contributed by atoms with Gasteiger partial charge in [-0.05, 0) is 58.7 Å². The van der Waals surface area contributed by atoms with Gasteiger partial charge >= 0.3 is 0 Å². The summed E-state index contributed by atoms with van der Waals surface area (Å²) in [4.78, 5) is 12.1. The third-order valence-corrected chi connectivity index (χ3v) is 5.37. The maximum atomic E-state index is 11.2. The molecular formula is C26H20N2OS. The first kappa shape index (κ1) is 19.8. The van der Waals surface area contributed by atoms with Crippen LogP contribution >= 0.6 is 11.8 Å². The normalized spacial score (nSPS) is 11.0. The maximum absolute atomic E-state index is 11.2. The van der Waals surface area contributed by atoms with Crippen LogP contribution in [0.15, 0.2) is 118 Å². The summed E-state index contributed by atoms with van der Waals surface area (Å²) >= 11 is 1.24. The Bertz CT molecular complexity index is 1150. The van der Waals surface area contributed by atoms with Crippen LogP contribution in [0.2, 0.25) is 0 Å². The zero-order valence-corrected chi connectivity index (χ0v) is 17.3. The van der Waals surface area contributed by atoms with E-state index in [1.807, 2.05) is 78.9 Å². The minimum atomic E-state index is 0.0900. The molecule has 0 aliphatic heterocycles. The highest BCUT2D eigenvalue weighted by molar-refractivity contribution is 8.13. The summed E-state index contributed by atoms with van der Waals surface area (Å²) in [7, 11) is 0. The van der Waals surface area contributed by atoms with Crippen molar-refractivity contribution in [2.45, 2.75) is 11.8 Å². The molecule has 30 heavy (non-hydrogen) atoms. The molecule has 0 aliphatic carbocycles. The summed E-state index contributed by atoms with van der Waals surface area (Å²) in [6.45, 7) is 1.57. The zero-order chi connectivity index (χ0) is 20.8. The van der Waals surface area contributed by atoms with Gasteiger partial charge in [-0.15, -0.1) is 0 Å². The number of benzene rings is 4. The van der Waals surface area contributed by atoms with Gasteiger partial charge in [0.1, 0.15) is 0 Å². The zero-order valence-electron chi connectivity index (χ0n) is 16.5. The van der Waals surface area contributed by atoms with Crippen LogP contribution in [0.4, 0.5) is 11.4 Å². The Kier molecular flexibility index (Phi) is 6.16. The van der Waals surface area contributed by atoms with Gasteiger partial charge in [0.2, 0.25) is 0 Å². The summed E-state index contributed by atoms with van der Waals surface area (Å²) in [5.74, 6) is 0. The fourth-order valence-electron chi connectivity index (χ4n) is 3.07. The lowest BCUT2D eigenvalue weighted by Crippen LogP contribution is -1.82. The minimum absolute atomic E-state index is 0.0900. The van der Waals surface area contributed by atoms with Crippen molar-refractivity contribution in [3.8, 4) is 22.3 Å². The monoisotopic (exact) mass is 408 g/mol. The van der Waals surface area contributed by atoms with Crippen molar-refractivity contribution in [3.05, 3.63) is 103 Å². The van der Waals surface area contributed by atoms with Gasteiger partial charge < -0.3 is 0 Å². The summed E-state index contributed by atoms with van der Waals surface area (Å²) in [5.41, 5.74) is 6.16. The predicted octanol–water partition coefficient (Wildman–Crippen LogP) is 8.07. The van der Waals surface area contributed by atoms with Gasteiger partial charge in [-0.3, -0.25) is 4.79 Å². The average Bonchev–Trinajstić information content (AvgIpc) is 2.79. The van der Waals surface area contributed by atoms with Gasteiger partial charge in [0.15, 0.2) is 5.12 Å². The highest BCUT2D eigenvalue weighted by Gasteiger charge is 2.02. The second kappa shape index (κ2) is 9.33. The number of rotatable bonds is 5. The van der Waals surface area contributed by atoms with Gasteiger partial charge in [0.05, 0.1) is 11.4 Å². The first-order valence-electron chi connectivity index (χ1n) is 9.63. The molecule has 0 amide bonds. The average molecular weight is 409 g/mol.